The number of carbonyl (C=O) groups excluding carboxylic acids is 1. The van der Waals surface area contributed by atoms with Gasteiger partial charge in [0.05, 0.1) is 49.0 Å². The van der Waals surface area contributed by atoms with Crippen LogP contribution in [0.4, 0.5) is 0 Å². The molecule has 3 fully saturated rings. The van der Waals surface area contributed by atoms with Crippen molar-refractivity contribution in [2.45, 2.75) is 80.8 Å². The van der Waals surface area contributed by atoms with Gasteiger partial charge in [-0.15, -0.1) is 0 Å². The zero-order chi connectivity index (χ0) is 38.2. The SMILES string of the molecule is COC(=O)[C@@]1(N2CCCC23CC3)N(n2cccn2)C(c2ccc(C)nc2)(c2cnc(C)cn2)C(O)(Cc2cccnc2)C1(c1cn(C)nc1C)n1nccn1. The zero-order valence-corrected chi connectivity index (χ0v) is 31.5. The van der Waals surface area contributed by atoms with E-state index in [2.05, 4.69) is 9.88 Å². The molecule has 2 aliphatic heterocycles. The van der Waals surface area contributed by atoms with E-state index in [1.165, 1.54) is 11.9 Å². The maximum Gasteiger partial charge on any atom is 0.352 e. The van der Waals surface area contributed by atoms with Gasteiger partial charge in [0.2, 0.25) is 5.66 Å². The molecule has 1 saturated carbocycles. The van der Waals surface area contributed by atoms with Crippen molar-refractivity contribution in [2.24, 2.45) is 7.05 Å². The Labute approximate surface area is 317 Å². The Morgan fingerprint density at radius 1 is 0.891 bits per heavy atom. The molecule has 16 nitrogen and oxygen atoms in total. The summed E-state index contributed by atoms with van der Waals surface area (Å²) in [7, 11) is 3.21. The first-order chi connectivity index (χ1) is 26.6. The molecule has 3 unspecified atom stereocenters. The van der Waals surface area contributed by atoms with Gasteiger partial charge in [0.15, 0.2) is 11.1 Å². The Balaban J connectivity index is 1.62. The molecule has 1 aliphatic carbocycles. The number of likely N-dealkylation sites (tertiary alicyclic amines) is 1. The maximum atomic E-state index is 16.1. The van der Waals surface area contributed by atoms with Gasteiger partial charge < -0.3 is 9.84 Å². The fraction of sp³-hybridized carbons (Fsp3) is 0.410. The highest BCUT2D eigenvalue weighted by atomic mass is 16.5. The van der Waals surface area contributed by atoms with Crippen LogP contribution in [0.15, 0.2) is 92.3 Å². The average molecular weight is 742 g/mol. The number of hydrogen-bond acceptors (Lipinski definition) is 13. The number of aliphatic hydroxyl groups is 1. The van der Waals surface area contributed by atoms with E-state index in [0.717, 1.165) is 31.4 Å². The number of methoxy groups -OCH3 is 1. The van der Waals surface area contributed by atoms with Gasteiger partial charge in [0, 0.05) is 79.6 Å². The first-order valence-electron chi connectivity index (χ1n) is 18.5. The topological polar surface area (TPSA) is 171 Å². The Hall–Kier alpha value is -5.87. The number of aryl methyl sites for hydroxylation is 4. The second-order valence-corrected chi connectivity index (χ2v) is 15.1. The fourth-order valence-electron chi connectivity index (χ4n) is 10.0. The largest absolute Gasteiger partial charge is 0.466 e. The molecule has 6 aromatic heterocycles. The molecule has 282 valence electrons. The molecule has 6 aromatic rings. The highest BCUT2D eigenvalue weighted by Crippen LogP contribution is 2.70. The standard InChI is InChI=1S/C39H43N13O3/c1-27-10-11-31(24-41-27)37(33-25-42-28(2)22-43-33)36(54,21-30-9-6-15-40-23-30)38(52-45-17-18-46-52,32-26-48(4)47-29(32)3)39(34(53)55-5,51(37)50-20-8-16-44-50)49-19-7-12-35(49)13-14-35/h6,8-11,15-18,20,22-26,54H,7,12-14,19,21H2,1-5H3/t36?,37?,38?,39-/m1/s1. The molecular weight excluding hydrogens is 699 g/mol. The van der Waals surface area contributed by atoms with Gasteiger partial charge in [0.1, 0.15) is 5.60 Å². The highest BCUT2D eigenvalue weighted by Gasteiger charge is 2.92. The first kappa shape index (κ1) is 34.9. The molecule has 0 aromatic carbocycles. The van der Waals surface area contributed by atoms with E-state index in [1.807, 2.05) is 63.3 Å². The van der Waals surface area contributed by atoms with Crippen LogP contribution >= 0.6 is 0 Å². The predicted molar refractivity (Wildman–Crippen MR) is 198 cm³/mol. The average Bonchev–Trinajstić information content (AvgIpc) is 3.73. The van der Waals surface area contributed by atoms with E-state index in [0.29, 0.717) is 40.3 Å². The van der Waals surface area contributed by atoms with Crippen LogP contribution in [-0.4, -0.2) is 101 Å². The molecule has 9 rings (SSSR count). The minimum atomic E-state index is -2.21. The Morgan fingerprint density at radius 3 is 2.29 bits per heavy atom. The third-order valence-corrected chi connectivity index (χ3v) is 12.1. The Morgan fingerprint density at radius 2 is 1.69 bits per heavy atom. The number of nitrogens with zero attached hydrogens (tertiary/aromatic N) is 13. The first-order valence-corrected chi connectivity index (χ1v) is 18.5. The second-order valence-electron chi connectivity index (χ2n) is 15.1. The van der Waals surface area contributed by atoms with Crippen molar-refractivity contribution in [3.8, 4) is 0 Å². The lowest BCUT2D eigenvalue weighted by Gasteiger charge is -2.54. The van der Waals surface area contributed by atoms with Gasteiger partial charge in [0.25, 0.3) is 0 Å². The molecule has 55 heavy (non-hydrogen) atoms. The van der Waals surface area contributed by atoms with Crippen LogP contribution in [0.2, 0.25) is 0 Å². The Kier molecular flexibility index (Phi) is 7.81. The van der Waals surface area contributed by atoms with Crippen molar-refractivity contribution < 1.29 is 14.6 Å². The third-order valence-electron chi connectivity index (χ3n) is 12.1. The quantitative estimate of drug-likeness (QED) is 0.215. The predicted octanol–water partition coefficient (Wildman–Crippen LogP) is 2.52. The summed E-state index contributed by atoms with van der Waals surface area (Å²) in [5, 5.41) is 36.8. The van der Waals surface area contributed by atoms with E-state index >= 15 is 9.90 Å². The van der Waals surface area contributed by atoms with E-state index in [1.54, 1.807) is 71.3 Å². The van der Waals surface area contributed by atoms with Crippen molar-refractivity contribution in [3.05, 3.63) is 132 Å². The molecule has 1 spiro atoms. The minimum absolute atomic E-state index is 0.0997. The van der Waals surface area contributed by atoms with E-state index in [4.69, 9.17) is 40.1 Å². The van der Waals surface area contributed by atoms with Gasteiger partial charge in [-0.3, -0.25) is 29.5 Å². The van der Waals surface area contributed by atoms with Crippen molar-refractivity contribution in [1.29, 1.82) is 0 Å². The normalized spacial score (nSPS) is 27.2. The molecule has 3 aliphatic rings. The molecule has 0 amide bonds. The van der Waals surface area contributed by atoms with Gasteiger partial charge in [-0.1, -0.05) is 12.1 Å². The monoisotopic (exact) mass is 741 g/mol. The number of aromatic nitrogens is 11. The van der Waals surface area contributed by atoms with Gasteiger partial charge in [-0.25, -0.2) is 9.80 Å². The van der Waals surface area contributed by atoms with E-state index < -0.39 is 33.8 Å². The fourth-order valence-corrected chi connectivity index (χ4v) is 10.0. The number of rotatable bonds is 9. The lowest BCUT2D eigenvalue weighted by atomic mass is 9.59. The van der Waals surface area contributed by atoms with E-state index in [9.17, 15) is 0 Å². The molecule has 8 heterocycles. The van der Waals surface area contributed by atoms with Crippen molar-refractivity contribution in [2.75, 3.05) is 18.7 Å². The van der Waals surface area contributed by atoms with E-state index in [-0.39, 0.29) is 6.42 Å². The summed E-state index contributed by atoms with van der Waals surface area (Å²) in [5.41, 5.74) is -4.50. The summed E-state index contributed by atoms with van der Waals surface area (Å²) in [4.78, 5) is 40.8. The van der Waals surface area contributed by atoms with Gasteiger partial charge in [-0.2, -0.15) is 30.0 Å². The molecule has 1 N–H and O–H groups in total. The zero-order valence-electron chi connectivity index (χ0n) is 31.5. The van der Waals surface area contributed by atoms with Crippen LogP contribution in [0.5, 0.6) is 0 Å². The van der Waals surface area contributed by atoms with Crippen LogP contribution in [0.3, 0.4) is 0 Å². The van der Waals surface area contributed by atoms with Crippen LogP contribution in [0.25, 0.3) is 0 Å². The highest BCUT2D eigenvalue weighted by molar-refractivity contribution is 5.89. The summed E-state index contributed by atoms with van der Waals surface area (Å²) in [6.45, 7) is 6.12. The number of esters is 1. The number of hydrogen-bond donors (Lipinski definition) is 1. The van der Waals surface area contributed by atoms with Crippen LogP contribution < -0.4 is 5.01 Å². The van der Waals surface area contributed by atoms with Crippen molar-refractivity contribution in [1.82, 2.24) is 59.5 Å². The number of pyridine rings is 2. The summed E-state index contributed by atoms with van der Waals surface area (Å²) in [6, 6.07) is 9.35. The van der Waals surface area contributed by atoms with Crippen molar-refractivity contribution >= 4 is 5.97 Å². The van der Waals surface area contributed by atoms with Crippen molar-refractivity contribution in [3.63, 3.8) is 0 Å². The summed E-state index contributed by atoms with van der Waals surface area (Å²) < 4.78 is 7.82. The minimum Gasteiger partial charge on any atom is -0.466 e. The maximum absolute atomic E-state index is 16.1. The molecule has 0 bridgehead atoms. The molecule has 4 atom stereocenters. The van der Waals surface area contributed by atoms with Gasteiger partial charge >= 0.3 is 5.97 Å². The smallest absolute Gasteiger partial charge is 0.352 e. The van der Waals surface area contributed by atoms with Crippen LogP contribution in [0, 0.1) is 20.8 Å². The lowest BCUT2D eigenvalue weighted by Crippen LogP contribution is -2.79. The third kappa shape index (κ3) is 4.43. The molecule has 0 radical (unpaired) electrons. The summed E-state index contributed by atoms with van der Waals surface area (Å²) in [6.07, 6.45) is 20.1. The van der Waals surface area contributed by atoms with Crippen LogP contribution in [-0.2, 0) is 34.1 Å². The van der Waals surface area contributed by atoms with Gasteiger partial charge in [-0.05, 0) is 70.2 Å². The molecule has 2 saturated heterocycles. The molecular formula is C39H43N13O3. The number of carbonyl (C=O) groups is 1. The summed E-state index contributed by atoms with van der Waals surface area (Å²) in [5.74, 6) is -0.650. The second kappa shape index (κ2) is 12.3. The Bertz CT molecular complexity index is 2280. The number of ether oxygens (including phenoxy) is 1. The molecule has 16 heteroatoms. The lowest BCUT2D eigenvalue weighted by molar-refractivity contribution is -0.177. The van der Waals surface area contributed by atoms with Crippen LogP contribution in [0.1, 0.15) is 65.1 Å². The summed E-state index contributed by atoms with van der Waals surface area (Å²) >= 11 is 0.